The first kappa shape index (κ1) is 11.1. The number of piperidine rings is 1. The van der Waals surface area contributed by atoms with Crippen LogP contribution in [0.3, 0.4) is 0 Å². The molecule has 0 N–H and O–H groups in total. The van der Waals surface area contributed by atoms with Crippen molar-refractivity contribution in [2.24, 2.45) is 11.8 Å². The SMILES string of the molecule is O=C(CCN1C(=O)C2CC2C1=O)c1ccccc1. The maximum atomic E-state index is 11.9. The number of carbonyl (C=O) groups is 3. The Labute approximate surface area is 105 Å². The van der Waals surface area contributed by atoms with Crippen molar-refractivity contribution in [3.8, 4) is 0 Å². The Morgan fingerprint density at radius 3 is 2.33 bits per heavy atom. The molecule has 1 aliphatic carbocycles. The van der Waals surface area contributed by atoms with E-state index in [2.05, 4.69) is 0 Å². The molecule has 2 amide bonds. The van der Waals surface area contributed by atoms with Crippen molar-refractivity contribution in [1.29, 1.82) is 0 Å². The number of hydrogen-bond acceptors (Lipinski definition) is 3. The van der Waals surface area contributed by atoms with Crippen LogP contribution in [0.5, 0.6) is 0 Å². The lowest BCUT2D eigenvalue weighted by atomic mass is 10.1. The zero-order chi connectivity index (χ0) is 12.7. The molecule has 3 rings (SSSR count). The number of nitrogens with zero attached hydrogens (tertiary/aromatic N) is 1. The number of ketones is 1. The molecule has 18 heavy (non-hydrogen) atoms. The van der Waals surface area contributed by atoms with E-state index in [0.29, 0.717) is 12.0 Å². The predicted molar refractivity (Wildman–Crippen MR) is 63.7 cm³/mol. The highest BCUT2D eigenvalue weighted by Gasteiger charge is 2.58. The van der Waals surface area contributed by atoms with E-state index in [1.54, 1.807) is 24.3 Å². The van der Waals surface area contributed by atoms with E-state index < -0.39 is 0 Å². The first-order chi connectivity index (χ1) is 8.68. The smallest absolute Gasteiger partial charge is 0.233 e. The summed E-state index contributed by atoms with van der Waals surface area (Å²) in [5.74, 6) is -0.373. The largest absolute Gasteiger partial charge is 0.294 e. The molecule has 92 valence electrons. The van der Waals surface area contributed by atoms with Crippen molar-refractivity contribution < 1.29 is 14.4 Å². The van der Waals surface area contributed by atoms with Gasteiger partial charge in [-0.25, -0.2) is 0 Å². The van der Waals surface area contributed by atoms with Gasteiger partial charge in [0, 0.05) is 18.5 Å². The number of amides is 2. The van der Waals surface area contributed by atoms with Gasteiger partial charge < -0.3 is 0 Å². The fourth-order valence-electron chi connectivity index (χ4n) is 2.45. The molecule has 4 heteroatoms. The molecule has 2 atom stereocenters. The average molecular weight is 243 g/mol. The van der Waals surface area contributed by atoms with Gasteiger partial charge in [-0.2, -0.15) is 0 Å². The minimum Gasteiger partial charge on any atom is -0.294 e. The summed E-state index contributed by atoms with van der Waals surface area (Å²) < 4.78 is 0. The van der Waals surface area contributed by atoms with Crippen LogP contribution in [0.25, 0.3) is 0 Å². The van der Waals surface area contributed by atoms with E-state index in [0.717, 1.165) is 0 Å². The molecule has 1 aromatic rings. The predicted octanol–water partition coefficient (Wildman–Crippen LogP) is 1.26. The second-order valence-corrected chi connectivity index (χ2v) is 4.82. The topological polar surface area (TPSA) is 54.5 Å². The van der Waals surface area contributed by atoms with Gasteiger partial charge in [0.25, 0.3) is 0 Å². The van der Waals surface area contributed by atoms with Crippen molar-refractivity contribution in [2.45, 2.75) is 12.8 Å². The van der Waals surface area contributed by atoms with E-state index >= 15 is 0 Å². The highest BCUT2D eigenvalue weighted by Crippen LogP contribution is 2.46. The number of benzene rings is 1. The van der Waals surface area contributed by atoms with Crippen molar-refractivity contribution in [3.05, 3.63) is 35.9 Å². The molecule has 1 heterocycles. The average Bonchev–Trinajstić information content (AvgIpc) is 3.15. The maximum Gasteiger partial charge on any atom is 0.233 e. The highest BCUT2D eigenvalue weighted by molar-refractivity contribution is 6.09. The lowest BCUT2D eigenvalue weighted by Crippen LogP contribution is -2.34. The normalized spacial score (nSPS) is 25.2. The molecule has 1 saturated heterocycles. The van der Waals surface area contributed by atoms with Crippen LogP contribution in [0.4, 0.5) is 0 Å². The molecule has 0 spiro atoms. The molecule has 4 nitrogen and oxygen atoms in total. The molecule has 2 aliphatic rings. The first-order valence-corrected chi connectivity index (χ1v) is 6.12. The summed E-state index contributed by atoms with van der Waals surface area (Å²) >= 11 is 0. The van der Waals surface area contributed by atoms with Crippen molar-refractivity contribution >= 4 is 17.6 Å². The summed E-state index contributed by atoms with van der Waals surface area (Å²) in [6.07, 6.45) is 0.918. The zero-order valence-electron chi connectivity index (χ0n) is 9.83. The van der Waals surface area contributed by atoms with Gasteiger partial charge in [0.15, 0.2) is 5.78 Å². The third-order valence-corrected chi connectivity index (χ3v) is 3.62. The van der Waals surface area contributed by atoms with Gasteiger partial charge in [-0.15, -0.1) is 0 Å². The van der Waals surface area contributed by atoms with Gasteiger partial charge in [0.1, 0.15) is 0 Å². The van der Waals surface area contributed by atoms with Crippen LogP contribution in [-0.2, 0) is 9.59 Å². The summed E-state index contributed by atoms with van der Waals surface area (Å²) in [5.41, 5.74) is 0.627. The Morgan fingerprint density at radius 1 is 1.11 bits per heavy atom. The molecular formula is C14H13NO3. The third-order valence-electron chi connectivity index (χ3n) is 3.62. The van der Waals surface area contributed by atoms with Crippen LogP contribution in [0.2, 0.25) is 0 Å². The molecule has 1 aromatic carbocycles. The Hall–Kier alpha value is -1.97. The van der Waals surface area contributed by atoms with Gasteiger partial charge in [0.2, 0.25) is 11.8 Å². The van der Waals surface area contributed by atoms with Crippen LogP contribution in [0, 0.1) is 11.8 Å². The highest BCUT2D eigenvalue weighted by atomic mass is 16.2. The van der Waals surface area contributed by atoms with E-state index in [4.69, 9.17) is 0 Å². The van der Waals surface area contributed by atoms with Gasteiger partial charge in [-0.05, 0) is 6.42 Å². The summed E-state index contributed by atoms with van der Waals surface area (Å²) in [7, 11) is 0. The molecule has 2 unspecified atom stereocenters. The molecule has 1 saturated carbocycles. The van der Waals surface area contributed by atoms with E-state index in [1.165, 1.54) is 4.90 Å². The van der Waals surface area contributed by atoms with Gasteiger partial charge in [-0.1, -0.05) is 30.3 Å². The number of carbonyl (C=O) groups excluding carboxylic acids is 3. The minimum atomic E-state index is -0.0918. The quantitative estimate of drug-likeness (QED) is 0.591. The monoisotopic (exact) mass is 243 g/mol. The standard InChI is InChI=1S/C14H13NO3/c16-12(9-4-2-1-3-5-9)6-7-15-13(17)10-8-11(10)14(15)18/h1-5,10-11H,6-8H2. The van der Waals surface area contributed by atoms with Gasteiger partial charge in [0.05, 0.1) is 11.8 Å². The fourth-order valence-corrected chi connectivity index (χ4v) is 2.45. The molecule has 2 fully saturated rings. The molecular weight excluding hydrogens is 230 g/mol. The molecule has 1 aliphatic heterocycles. The van der Waals surface area contributed by atoms with Crippen LogP contribution in [0.15, 0.2) is 30.3 Å². The number of rotatable bonds is 4. The number of Topliss-reactive ketones (excluding diaryl/α,β-unsaturated/α-hetero) is 1. The third kappa shape index (κ3) is 1.74. The van der Waals surface area contributed by atoms with E-state index in [-0.39, 0.29) is 42.4 Å². The van der Waals surface area contributed by atoms with Crippen LogP contribution >= 0.6 is 0 Å². The lowest BCUT2D eigenvalue weighted by molar-refractivity contribution is -0.141. The summed E-state index contributed by atoms with van der Waals surface area (Å²) in [6.45, 7) is 0.221. The molecule has 0 aromatic heterocycles. The number of fused-ring (bicyclic) bond motifs is 1. The van der Waals surface area contributed by atoms with Gasteiger partial charge in [-0.3, -0.25) is 19.3 Å². The Balaban J connectivity index is 1.61. The second-order valence-electron chi connectivity index (χ2n) is 4.82. The van der Waals surface area contributed by atoms with Crippen molar-refractivity contribution in [3.63, 3.8) is 0 Å². The Bertz CT molecular complexity index is 503. The summed E-state index contributed by atoms with van der Waals surface area (Å²) in [5, 5.41) is 0. The number of hydrogen-bond donors (Lipinski definition) is 0. The van der Waals surface area contributed by atoms with Gasteiger partial charge >= 0.3 is 0 Å². The van der Waals surface area contributed by atoms with Crippen LogP contribution < -0.4 is 0 Å². The summed E-state index contributed by atoms with van der Waals surface area (Å²) in [4.78, 5) is 36.5. The zero-order valence-corrected chi connectivity index (χ0v) is 9.83. The minimum absolute atomic E-state index is 0.0308. The second kappa shape index (κ2) is 4.05. The Kier molecular flexibility index (Phi) is 2.51. The number of likely N-dealkylation sites (tertiary alicyclic amines) is 1. The van der Waals surface area contributed by atoms with Crippen molar-refractivity contribution in [1.82, 2.24) is 4.90 Å². The summed E-state index contributed by atoms with van der Waals surface area (Å²) in [6, 6.07) is 8.93. The first-order valence-electron chi connectivity index (χ1n) is 6.12. The number of imide groups is 1. The van der Waals surface area contributed by atoms with Crippen molar-refractivity contribution in [2.75, 3.05) is 6.54 Å². The lowest BCUT2D eigenvalue weighted by Gasteiger charge is -2.15. The Morgan fingerprint density at radius 2 is 1.72 bits per heavy atom. The molecule has 0 radical (unpaired) electrons. The van der Waals surface area contributed by atoms with Crippen LogP contribution in [0.1, 0.15) is 23.2 Å². The van der Waals surface area contributed by atoms with E-state index in [9.17, 15) is 14.4 Å². The fraction of sp³-hybridized carbons (Fsp3) is 0.357. The maximum absolute atomic E-state index is 11.9. The molecule has 0 bridgehead atoms. The van der Waals surface area contributed by atoms with E-state index in [1.807, 2.05) is 6.07 Å². The van der Waals surface area contributed by atoms with Crippen LogP contribution in [-0.4, -0.2) is 29.0 Å².